The second kappa shape index (κ2) is 54.7. The zero-order valence-electron chi connectivity index (χ0n) is 33.6. The van der Waals surface area contributed by atoms with Crippen LogP contribution < -0.4 is 0 Å². The summed E-state index contributed by atoms with van der Waals surface area (Å²) in [4.78, 5) is 33.1. The number of epoxide rings is 3. The molecule has 0 aromatic carbocycles. The van der Waals surface area contributed by atoms with E-state index in [0.29, 0.717) is 50.3 Å². The summed E-state index contributed by atoms with van der Waals surface area (Å²) in [6, 6.07) is 0. The van der Waals surface area contributed by atoms with E-state index in [9.17, 15) is 34.8 Å². The second-order valence-electron chi connectivity index (χ2n) is 13.3. The Morgan fingerprint density at radius 1 is 0.485 bits per heavy atom. The third-order valence-corrected chi connectivity index (χ3v) is 7.17. The average molecular weight is 971 g/mol. The minimum absolute atomic E-state index is 0. The summed E-state index contributed by atoms with van der Waals surface area (Å²) in [7, 11) is 0. The standard InChI is InChI=1S/C23H40O12.C7H10O3.C7H12O2.CH4O2.9CH4/c1-16(2)22(28)34-12-20(26)10-32-14-30-8-18(24)6-5-7-19(25)9-31-15-33-11-21(27)13-35-23(29)17(3)4;1-5(2)7(8)10-4-6-3-9-6;1(2-6-4-8-6)3-7-5-9-7;2-1-3;;;;;;;;;/h18-21,24-27H,1,3,5-15H2,2,4H3;6H,1,3-4H2,2H3;6-7H,1-5H2;2-3H,1H2;9*1H4. The van der Waals surface area contributed by atoms with Crippen LogP contribution in [-0.4, -0.2) is 178 Å². The number of hydrogen-bond acceptors (Lipinski definition) is 19. The van der Waals surface area contributed by atoms with Crippen molar-refractivity contribution in [3.8, 4) is 0 Å². The van der Waals surface area contributed by atoms with Gasteiger partial charge in [-0.2, -0.15) is 0 Å². The van der Waals surface area contributed by atoms with Gasteiger partial charge >= 0.3 is 17.9 Å². The molecule has 0 saturated carbocycles. The lowest BCUT2D eigenvalue weighted by Crippen LogP contribution is -2.25. The van der Waals surface area contributed by atoms with Crippen LogP contribution >= 0.6 is 0 Å². The first-order chi connectivity index (χ1) is 27.1. The van der Waals surface area contributed by atoms with Crippen LogP contribution in [0.1, 0.15) is 126 Å². The minimum atomic E-state index is -1.00. The summed E-state index contributed by atoms with van der Waals surface area (Å²) in [6.45, 7) is 16.4. The van der Waals surface area contributed by atoms with E-state index in [2.05, 4.69) is 19.7 Å². The van der Waals surface area contributed by atoms with Gasteiger partial charge in [-0.3, -0.25) is 0 Å². The van der Waals surface area contributed by atoms with E-state index in [4.69, 9.17) is 57.6 Å². The maximum atomic E-state index is 11.2. The van der Waals surface area contributed by atoms with Crippen LogP contribution in [0.2, 0.25) is 0 Å². The zero-order chi connectivity index (χ0) is 43.0. The van der Waals surface area contributed by atoms with Gasteiger partial charge in [-0.25, -0.2) is 14.4 Å². The molecule has 19 nitrogen and oxygen atoms in total. The molecule has 404 valence electrons. The molecule has 6 N–H and O–H groups in total. The van der Waals surface area contributed by atoms with Crippen molar-refractivity contribution in [1.29, 1.82) is 0 Å². The van der Waals surface area contributed by atoms with Gasteiger partial charge in [0.15, 0.2) is 0 Å². The maximum absolute atomic E-state index is 11.2. The molecule has 3 fully saturated rings. The molecule has 7 atom stereocenters. The molecule has 3 saturated heterocycles. The number of esters is 3. The molecule has 7 unspecified atom stereocenters. The van der Waals surface area contributed by atoms with Crippen LogP contribution in [-0.2, 0) is 61.8 Å². The number of hydrogen-bond donors (Lipinski definition) is 6. The van der Waals surface area contributed by atoms with Gasteiger partial charge in [0.2, 0.25) is 0 Å². The van der Waals surface area contributed by atoms with E-state index in [1.807, 2.05) is 0 Å². The van der Waals surface area contributed by atoms with Crippen molar-refractivity contribution in [3.05, 3.63) is 36.5 Å². The van der Waals surface area contributed by atoms with Crippen LogP contribution in [0.15, 0.2) is 36.5 Å². The maximum Gasteiger partial charge on any atom is 0.333 e. The zero-order valence-corrected chi connectivity index (χ0v) is 33.6. The predicted octanol–water partition coefficient (Wildman–Crippen LogP) is 5.93. The molecule has 0 bridgehead atoms. The average Bonchev–Trinajstić information content (AvgIpc) is 3.99. The fraction of sp³-hybridized carbons (Fsp3) is 0.809. The van der Waals surface area contributed by atoms with Crippen LogP contribution in [0.5, 0.6) is 0 Å². The Bertz CT molecular complexity index is 1060. The molecule has 3 rings (SSSR count). The summed E-state index contributed by atoms with van der Waals surface area (Å²) >= 11 is 0. The molecule has 3 heterocycles. The van der Waals surface area contributed by atoms with E-state index < -0.39 is 43.1 Å². The SMILES string of the molecule is C.C.C.C.C.C.C.C.C.C(CC1CO1)CC1CO1.C=C(C)C(=O)OCC(O)COCOCC(O)CCCC(O)COCOCC(O)COC(=O)C(=C)C.C=C(C)C(=O)OCC1CO1.OCO. The highest BCUT2D eigenvalue weighted by Gasteiger charge is 2.26. The minimum Gasteiger partial charge on any atom is -0.460 e. The molecular formula is C47H102O19. The third kappa shape index (κ3) is 59.1. The number of carbonyl (C=O) groups excluding carboxylic acids is 3. The number of aliphatic hydroxyl groups is 6. The summed E-state index contributed by atoms with van der Waals surface area (Å²) < 4.78 is 49.8. The van der Waals surface area contributed by atoms with Crippen LogP contribution in [0.3, 0.4) is 0 Å². The first-order valence-corrected chi connectivity index (χ1v) is 18.7. The Labute approximate surface area is 401 Å². The molecule has 19 heteroatoms. The summed E-state index contributed by atoms with van der Waals surface area (Å²) in [5, 5.41) is 53.3. The number of carbonyl (C=O) groups is 3. The van der Waals surface area contributed by atoms with E-state index >= 15 is 0 Å². The number of aliphatic hydroxyl groups excluding tert-OH is 5. The topological polar surface area (TPSA) is 275 Å². The Kier molecular flexibility index (Phi) is 71.6. The fourth-order valence-electron chi connectivity index (χ4n) is 3.80. The molecule has 66 heavy (non-hydrogen) atoms. The van der Waals surface area contributed by atoms with E-state index in [1.54, 1.807) is 6.92 Å². The molecule has 0 aromatic heterocycles. The smallest absolute Gasteiger partial charge is 0.333 e. The largest absolute Gasteiger partial charge is 0.460 e. The lowest BCUT2D eigenvalue weighted by molar-refractivity contribution is -0.146. The van der Waals surface area contributed by atoms with Gasteiger partial charge in [0.1, 0.15) is 58.5 Å². The van der Waals surface area contributed by atoms with Crippen molar-refractivity contribution in [2.75, 3.05) is 86.4 Å². The lowest BCUT2D eigenvalue weighted by atomic mass is 10.1. The van der Waals surface area contributed by atoms with E-state index in [1.165, 1.54) is 33.1 Å². The first-order valence-electron chi connectivity index (χ1n) is 18.7. The third-order valence-electron chi connectivity index (χ3n) is 7.17. The molecule has 0 aromatic rings. The highest BCUT2D eigenvalue weighted by atomic mass is 16.7. The predicted molar refractivity (Wildman–Crippen MR) is 262 cm³/mol. The van der Waals surface area contributed by atoms with Crippen molar-refractivity contribution in [3.63, 3.8) is 0 Å². The molecule has 0 amide bonds. The molecule has 0 radical (unpaired) electrons. The quantitative estimate of drug-likeness (QED) is 0.0126. The Morgan fingerprint density at radius 2 is 0.758 bits per heavy atom. The van der Waals surface area contributed by atoms with E-state index in [-0.39, 0.29) is 143 Å². The van der Waals surface area contributed by atoms with Crippen molar-refractivity contribution < 1.29 is 92.4 Å². The van der Waals surface area contributed by atoms with Gasteiger partial charge in [-0.1, -0.05) is 86.6 Å². The monoisotopic (exact) mass is 971 g/mol. The highest BCUT2D eigenvalue weighted by molar-refractivity contribution is 5.87. The Morgan fingerprint density at radius 3 is 1.03 bits per heavy atom. The van der Waals surface area contributed by atoms with Crippen molar-refractivity contribution in [2.45, 2.75) is 169 Å². The van der Waals surface area contributed by atoms with Crippen molar-refractivity contribution >= 4 is 17.9 Å². The molecule has 3 aliphatic rings. The van der Waals surface area contributed by atoms with Gasteiger partial charge in [0.05, 0.1) is 70.7 Å². The first kappa shape index (κ1) is 86.3. The molecule has 3 aliphatic heterocycles. The van der Waals surface area contributed by atoms with Gasteiger partial charge in [0, 0.05) is 16.7 Å². The van der Waals surface area contributed by atoms with Gasteiger partial charge in [-0.15, -0.1) is 0 Å². The molecule has 0 aliphatic carbocycles. The van der Waals surface area contributed by atoms with Crippen molar-refractivity contribution in [2.24, 2.45) is 0 Å². The van der Waals surface area contributed by atoms with Gasteiger partial charge < -0.3 is 78.0 Å². The second-order valence-corrected chi connectivity index (χ2v) is 13.3. The summed E-state index contributed by atoms with van der Waals surface area (Å²) in [5.41, 5.74) is 0.899. The lowest BCUT2D eigenvalue weighted by Gasteiger charge is -2.15. The van der Waals surface area contributed by atoms with Crippen LogP contribution in [0, 0.1) is 0 Å². The Hall–Kier alpha value is -2.89. The normalized spacial score (nSPS) is 16.6. The molecule has 0 spiro atoms. The summed E-state index contributed by atoms with van der Waals surface area (Å²) in [5.74, 6) is -1.52. The van der Waals surface area contributed by atoms with Gasteiger partial charge in [-0.05, 0) is 59.3 Å². The number of rotatable bonds is 29. The summed E-state index contributed by atoms with van der Waals surface area (Å²) in [6.07, 6.45) is 2.95. The number of ether oxygens (including phenoxy) is 10. The van der Waals surface area contributed by atoms with Crippen LogP contribution in [0.4, 0.5) is 0 Å². The Balaban J connectivity index is -0.000000104. The fourth-order valence-corrected chi connectivity index (χ4v) is 3.80. The van der Waals surface area contributed by atoms with E-state index in [0.717, 1.165) is 13.2 Å². The molecular weight excluding hydrogens is 868 g/mol. The van der Waals surface area contributed by atoms with Crippen molar-refractivity contribution in [1.82, 2.24) is 0 Å². The van der Waals surface area contributed by atoms with Gasteiger partial charge in [0.25, 0.3) is 0 Å². The highest BCUT2D eigenvalue weighted by Crippen LogP contribution is 2.21. The van der Waals surface area contributed by atoms with Crippen LogP contribution in [0.25, 0.3) is 0 Å².